The van der Waals surface area contributed by atoms with Crippen LogP contribution in [0.5, 0.6) is 0 Å². The van der Waals surface area contributed by atoms with E-state index in [2.05, 4.69) is 0 Å². The topological polar surface area (TPSA) is 62.5 Å². The lowest BCUT2D eigenvalue weighted by atomic mass is 10.0. The van der Waals surface area contributed by atoms with Gasteiger partial charge in [0.2, 0.25) is 0 Å². The molecule has 122 valence electrons. The van der Waals surface area contributed by atoms with Gasteiger partial charge in [0, 0.05) is 28.2 Å². The molecule has 1 aliphatic heterocycles. The fourth-order valence-electron chi connectivity index (χ4n) is 3.56. The van der Waals surface area contributed by atoms with Gasteiger partial charge in [-0.1, -0.05) is 18.2 Å². The van der Waals surface area contributed by atoms with E-state index in [1.54, 1.807) is 11.8 Å². The number of fused-ring (bicyclic) bond motifs is 5. The van der Waals surface area contributed by atoms with Gasteiger partial charge in [-0.05, 0) is 18.4 Å². The van der Waals surface area contributed by atoms with E-state index in [1.807, 2.05) is 48.2 Å². The van der Waals surface area contributed by atoms with Gasteiger partial charge in [0.05, 0.1) is 29.8 Å². The van der Waals surface area contributed by atoms with Crippen molar-refractivity contribution in [3.63, 3.8) is 0 Å². The summed E-state index contributed by atoms with van der Waals surface area (Å²) in [4.78, 5) is 27.5. The van der Waals surface area contributed by atoms with Crippen molar-refractivity contribution < 1.29 is 14.7 Å². The van der Waals surface area contributed by atoms with Crippen LogP contribution < -0.4 is 0 Å². The molecule has 0 saturated carbocycles. The molecular formula is C18H16N2O3S. The normalized spacial score (nSPS) is 14.2. The lowest BCUT2D eigenvalue weighted by molar-refractivity contribution is 0.0624. The van der Waals surface area contributed by atoms with Crippen LogP contribution in [-0.4, -0.2) is 45.8 Å². The highest BCUT2D eigenvalue weighted by atomic mass is 32.2. The van der Waals surface area contributed by atoms with E-state index >= 15 is 0 Å². The summed E-state index contributed by atoms with van der Waals surface area (Å²) >= 11 is 1.57. The second-order valence-electron chi connectivity index (χ2n) is 5.79. The Labute approximate surface area is 142 Å². The van der Waals surface area contributed by atoms with Crippen LogP contribution in [0.15, 0.2) is 35.2 Å². The molecule has 1 aromatic heterocycles. The summed E-state index contributed by atoms with van der Waals surface area (Å²) in [7, 11) is 1.92. The Morgan fingerprint density at radius 1 is 1.17 bits per heavy atom. The first-order valence-corrected chi connectivity index (χ1v) is 8.87. The lowest BCUT2D eigenvalue weighted by Crippen LogP contribution is -2.32. The van der Waals surface area contributed by atoms with E-state index < -0.39 is 0 Å². The Morgan fingerprint density at radius 2 is 1.92 bits per heavy atom. The third kappa shape index (κ3) is 1.81. The van der Waals surface area contributed by atoms with E-state index in [0.717, 1.165) is 31.6 Å². The maximum absolute atomic E-state index is 12.8. The summed E-state index contributed by atoms with van der Waals surface area (Å²) in [6.45, 7) is -0.217. The Kier molecular flexibility index (Phi) is 3.40. The minimum Gasteiger partial charge on any atom is -0.395 e. The predicted molar refractivity (Wildman–Crippen MR) is 94.7 cm³/mol. The summed E-state index contributed by atoms with van der Waals surface area (Å²) in [6, 6.07) is 9.80. The van der Waals surface area contributed by atoms with Gasteiger partial charge in [-0.2, -0.15) is 0 Å². The second-order valence-corrected chi connectivity index (χ2v) is 6.63. The quantitative estimate of drug-likeness (QED) is 0.588. The predicted octanol–water partition coefficient (Wildman–Crippen LogP) is 2.64. The van der Waals surface area contributed by atoms with Gasteiger partial charge in [-0.15, -0.1) is 11.8 Å². The summed E-state index contributed by atoms with van der Waals surface area (Å²) in [6.07, 6.45) is 1.97. The summed E-state index contributed by atoms with van der Waals surface area (Å²) in [5, 5.41) is 11.2. The van der Waals surface area contributed by atoms with Gasteiger partial charge in [-0.25, -0.2) is 0 Å². The zero-order chi connectivity index (χ0) is 17.0. The number of hydrogen-bond donors (Lipinski definition) is 1. The number of thioether (sulfide) groups is 1. The highest BCUT2D eigenvalue weighted by Crippen LogP contribution is 2.41. The highest BCUT2D eigenvalue weighted by molar-refractivity contribution is 7.98. The first-order valence-electron chi connectivity index (χ1n) is 7.65. The minimum atomic E-state index is -0.327. The summed E-state index contributed by atoms with van der Waals surface area (Å²) < 4.78 is 1.98. The van der Waals surface area contributed by atoms with E-state index in [0.29, 0.717) is 11.1 Å². The zero-order valence-corrected chi connectivity index (χ0v) is 14.2. The molecule has 4 rings (SSSR count). The van der Waals surface area contributed by atoms with Crippen LogP contribution in [0.25, 0.3) is 21.8 Å². The van der Waals surface area contributed by atoms with Gasteiger partial charge in [0.15, 0.2) is 0 Å². The largest absolute Gasteiger partial charge is 0.395 e. The number of carbonyl (C=O) groups excluding carboxylic acids is 2. The van der Waals surface area contributed by atoms with Crippen LogP contribution in [0.2, 0.25) is 0 Å². The van der Waals surface area contributed by atoms with Crippen molar-refractivity contribution in [2.45, 2.75) is 4.90 Å². The fraction of sp³-hybridized carbons (Fsp3) is 0.222. The van der Waals surface area contributed by atoms with Crippen molar-refractivity contribution in [2.24, 2.45) is 7.05 Å². The van der Waals surface area contributed by atoms with Gasteiger partial charge in [0.1, 0.15) is 0 Å². The second kappa shape index (κ2) is 5.36. The number of amides is 2. The van der Waals surface area contributed by atoms with E-state index in [9.17, 15) is 9.59 Å². The Hall–Kier alpha value is -2.31. The first kappa shape index (κ1) is 15.2. The molecule has 0 unspecified atom stereocenters. The SMILES string of the molecule is CSc1cc2c(c3c1c1ccccc1n3C)C(=O)N(CCO)C2=O. The molecule has 2 aromatic carbocycles. The number of imide groups is 1. The average Bonchev–Trinajstić information content (AvgIpc) is 3.02. The third-order valence-corrected chi connectivity index (χ3v) is 5.37. The van der Waals surface area contributed by atoms with E-state index in [1.165, 1.54) is 0 Å². The molecule has 0 atom stereocenters. The number of β-amino-alcohol motifs (C(OH)–C–C–N with tert-alkyl or cyclic N) is 1. The van der Waals surface area contributed by atoms with Crippen molar-refractivity contribution in [1.82, 2.24) is 9.47 Å². The van der Waals surface area contributed by atoms with E-state index in [-0.39, 0.29) is 25.0 Å². The van der Waals surface area contributed by atoms with Gasteiger partial charge in [-0.3, -0.25) is 14.5 Å². The molecule has 0 fully saturated rings. The number of aryl methyl sites for hydroxylation is 1. The fourth-order valence-corrected chi connectivity index (χ4v) is 4.21. The molecule has 2 heterocycles. The number of nitrogens with zero attached hydrogens (tertiary/aromatic N) is 2. The molecule has 0 spiro atoms. The van der Waals surface area contributed by atoms with Crippen molar-refractivity contribution in [2.75, 3.05) is 19.4 Å². The number of rotatable bonds is 3. The van der Waals surface area contributed by atoms with Crippen molar-refractivity contribution in [3.05, 3.63) is 41.5 Å². The standard InChI is InChI=1S/C18H16N2O3S/c1-19-12-6-4-3-5-10(12)14-13(24-2)9-11-15(16(14)19)18(23)20(7-8-21)17(11)22/h3-6,9,21H,7-8H2,1-2H3. The molecule has 0 saturated heterocycles. The Balaban J connectivity index is 2.17. The van der Waals surface area contributed by atoms with Crippen LogP contribution >= 0.6 is 11.8 Å². The molecule has 0 radical (unpaired) electrons. The molecular weight excluding hydrogens is 324 g/mol. The smallest absolute Gasteiger partial charge is 0.263 e. The number of aliphatic hydroxyl groups excluding tert-OH is 1. The Bertz CT molecular complexity index is 1020. The average molecular weight is 340 g/mol. The van der Waals surface area contributed by atoms with Gasteiger partial charge in [0.25, 0.3) is 11.8 Å². The van der Waals surface area contributed by atoms with Crippen molar-refractivity contribution >= 4 is 45.4 Å². The summed E-state index contributed by atoms with van der Waals surface area (Å²) in [5.74, 6) is -0.654. The van der Waals surface area contributed by atoms with Crippen LogP contribution in [-0.2, 0) is 7.05 Å². The zero-order valence-electron chi connectivity index (χ0n) is 13.4. The van der Waals surface area contributed by atoms with Crippen molar-refractivity contribution in [3.8, 4) is 0 Å². The van der Waals surface area contributed by atoms with Crippen LogP contribution in [0.4, 0.5) is 0 Å². The van der Waals surface area contributed by atoms with Crippen molar-refractivity contribution in [1.29, 1.82) is 0 Å². The van der Waals surface area contributed by atoms with E-state index in [4.69, 9.17) is 5.11 Å². The molecule has 24 heavy (non-hydrogen) atoms. The van der Waals surface area contributed by atoms with Gasteiger partial charge >= 0.3 is 0 Å². The molecule has 0 bridgehead atoms. The number of para-hydroxylation sites is 1. The molecule has 6 heteroatoms. The van der Waals surface area contributed by atoms with Crippen LogP contribution in [0.1, 0.15) is 20.7 Å². The van der Waals surface area contributed by atoms with Crippen LogP contribution in [0, 0.1) is 0 Å². The lowest BCUT2D eigenvalue weighted by Gasteiger charge is -2.11. The number of benzene rings is 2. The maximum atomic E-state index is 12.8. The molecule has 1 aliphatic rings. The maximum Gasteiger partial charge on any atom is 0.263 e. The van der Waals surface area contributed by atoms with Gasteiger partial charge < -0.3 is 9.67 Å². The number of carbonyl (C=O) groups is 2. The molecule has 3 aromatic rings. The molecule has 5 nitrogen and oxygen atoms in total. The monoisotopic (exact) mass is 340 g/mol. The number of aromatic nitrogens is 1. The number of aliphatic hydroxyl groups is 1. The van der Waals surface area contributed by atoms with Crippen LogP contribution in [0.3, 0.4) is 0 Å². The molecule has 0 aliphatic carbocycles. The first-order chi connectivity index (χ1) is 11.6. The molecule has 1 N–H and O–H groups in total. The third-order valence-electron chi connectivity index (χ3n) is 4.61. The summed E-state index contributed by atoms with van der Waals surface area (Å²) in [5.41, 5.74) is 2.69. The Morgan fingerprint density at radius 3 is 2.62 bits per heavy atom. The molecule has 2 amide bonds. The highest BCUT2D eigenvalue weighted by Gasteiger charge is 2.38. The number of hydrogen-bond acceptors (Lipinski definition) is 4. The minimum absolute atomic E-state index is 0.0202.